The summed E-state index contributed by atoms with van der Waals surface area (Å²) in [7, 11) is 0. The number of rotatable bonds is 7. The van der Waals surface area contributed by atoms with E-state index in [-0.39, 0.29) is 31.2 Å². The summed E-state index contributed by atoms with van der Waals surface area (Å²) in [6, 6.07) is 6.51. The molecule has 0 radical (unpaired) electrons. The molecule has 2 amide bonds. The Kier molecular flexibility index (Phi) is 9.26. The van der Waals surface area contributed by atoms with Crippen molar-refractivity contribution < 1.29 is 23.9 Å². The molecule has 0 saturated heterocycles. The van der Waals surface area contributed by atoms with Gasteiger partial charge in [0, 0.05) is 11.4 Å². The molecule has 1 aromatic carbocycles. The van der Waals surface area contributed by atoms with Crippen LogP contribution >= 0.6 is 23.8 Å². The average molecular weight is 388 g/mol. The second-order valence-corrected chi connectivity index (χ2v) is 5.44. The summed E-state index contributed by atoms with van der Waals surface area (Å²) >= 11 is 10.6. The van der Waals surface area contributed by atoms with Crippen molar-refractivity contribution in [3.63, 3.8) is 0 Å². The number of ether oxygens (including phenoxy) is 2. The maximum atomic E-state index is 11.6. The maximum absolute atomic E-state index is 11.6. The van der Waals surface area contributed by atoms with E-state index in [4.69, 9.17) is 33.3 Å². The monoisotopic (exact) mass is 387 g/mol. The minimum absolute atomic E-state index is 0.0520. The molecule has 1 aromatic rings. The van der Waals surface area contributed by atoms with Gasteiger partial charge in [-0.05, 0) is 43.4 Å². The van der Waals surface area contributed by atoms with Crippen molar-refractivity contribution >= 4 is 46.7 Å². The van der Waals surface area contributed by atoms with Crippen LogP contribution in [0.5, 0.6) is 5.75 Å². The highest BCUT2D eigenvalue weighted by atomic mass is 35.5. The van der Waals surface area contributed by atoms with Crippen molar-refractivity contribution in [2.24, 2.45) is 0 Å². The Bertz CT molecular complexity index is 624. The summed E-state index contributed by atoms with van der Waals surface area (Å²) in [5, 5.41) is 2.77. The van der Waals surface area contributed by atoms with Gasteiger partial charge in [-0.1, -0.05) is 11.6 Å². The van der Waals surface area contributed by atoms with Crippen molar-refractivity contribution in [3.8, 4) is 5.75 Å². The minimum Gasteiger partial charge on any atom is -0.484 e. The zero-order chi connectivity index (χ0) is 18.7. The molecule has 3 N–H and O–H groups in total. The SMILES string of the molecule is CCOC(=O)CCC(=O)NC(=S)NNC(=O)COc1ccc(Cl)cc1. The first-order chi connectivity index (χ1) is 11.9. The van der Waals surface area contributed by atoms with E-state index in [1.807, 2.05) is 0 Å². The van der Waals surface area contributed by atoms with Crippen molar-refractivity contribution in [2.45, 2.75) is 19.8 Å². The molecule has 0 atom stereocenters. The molecule has 0 spiro atoms. The highest BCUT2D eigenvalue weighted by Crippen LogP contribution is 2.15. The van der Waals surface area contributed by atoms with Gasteiger partial charge in [0.05, 0.1) is 13.0 Å². The summed E-state index contributed by atoms with van der Waals surface area (Å²) in [5.41, 5.74) is 4.62. The summed E-state index contributed by atoms with van der Waals surface area (Å²) in [4.78, 5) is 34.3. The molecular formula is C15H18ClN3O5S. The lowest BCUT2D eigenvalue weighted by Gasteiger charge is -2.11. The lowest BCUT2D eigenvalue weighted by Crippen LogP contribution is -2.49. The van der Waals surface area contributed by atoms with Gasteiger partial charge in [0.25, 0.3) is 5.91 Å². The summed E-state index contributed by atoms with van der Waals surface area (Å²) in [6.07, 6.45) is -0.127. The van der Waals surface area contributed by atoms with Crippen LogP contribution in [0.1, 0.15) is 19.8 Å². The number of carbonyl (C=O) groups is 3. The molecule has 1 rings (SSSR count). The molecule has 0 saturated carbocycles. The lowest BCUT2D eigenvalue weighted by molar-refractivity contribution is -0.144. The number of benzene rings is 1. The third-order valence-corrected chi connectivity index (χ3v) is 3.07. The van der Waals surface area contributed by atoms with E-state index < -0.39 is 17.8 Å². The molecular weight excluding hydrogens is 370 g/mol. The van der Waals surface area contributed by atoms with E-state index in [2.05, 4.69) is 16.2 Å². The molecule has 8 nitrogen and oxygen atoms in total. The topological polar surface area (TPSA) is 106 Å². The molecule has 0 aliphatic carbocycles. The van der Waals surface area contributed by atoms with Crippen molar-refractivity contribution in [1.82, 2.24) is 16.2 Å². The largest absolute Gasteiger partial charge is 0.484 e. The maximum Gasteiger partial charge on any atom is 0.306 e. The molecule has 0 aliphatic heterocycles. The van der Waals surface area contributed by atoms with E-state index >= 15 is 0 Å². The van der Waals surface area contributed by atoms with Gasteiger partial charge in [0.1, 0.15) is 5.75 Å². The van der Waals surface area contributed by atoms with E-state index in [1.165, 1.54) is 0 Å². The molecule has 0 fully saturated rings. The van der Waals surface area contributed by atoms with Gasteiger partial charge in [-0.3, -0.25) is 25.2 Å². The predicted molar refractivity (Wildman–Crippen MR) is 94.8 cm³/mol. The van der Waals surface area contributed by atoms with Crippen molar-refractivity contribution in [1.29, 1.82) is 0 Å². The molecule has 136 valence electrons. The normalized spacial score (nSPS) is 9.68. The van der Waals surface area contributed by atoms with Crippen LogP contribution in [0.25, 0.3) is 0 Å². The number of nitrogens with one attached hydrogen (secondary N) is 3. The Morgan fingerprint density at radius 2 is 1.76 bits per heavy atom. The fourth-order valence-corrected chi connectivity index (χ4v) is 1.80. The Labute approximate surface area is 155 Å². The first kappa shape index (κ1) is 20.7. The van der Waals surface area contributed by atoms with Gasteiger partial charge in [-0.25, -0.2) is 0 Å². The van der Waals surface area contributed by atoms with Crippen LogP contribution in [0.15, 0.2) is 24.3 Å². The smallest absolute Gasteiger partial charge is 0.306 e. The number of hydrogen-bond donors (Lipinski definition) is 3. The molecule has 0 heterocycles. The first-order valence-electron chi connectivity index (χ1n) is 7.33. The van der Waals surface area contributed by atoms with Crippen molar-refractivity contribution in [3.05, 3.63) is 29.3 Å². The van der Waals surface area contributed by atoms with Crippen LogP contribution in [-0.4, -0.2) is 36.1 Å². The van der Waals surface area contributed by atoms with Crippen LogP contribution in [-0.2, 0) is 19.1 Å². The third kappa shape index (κ3) is 9.48. The second-order valence-electron chi connectivity index (χ2n) is 4.60. The van der Waals surface area contributed by atoms with Crippen LogP contribution in [0, 0.1) is 0 Å². The van der Waals surface area contributed by atoms with Gasteiger partial charge < -0.3 is 14.8 Å². The Hall–Kier alpha value is -2.39. The second kappa shape index (κ2) is 11.2. The van der Waals surface area contributed by atoms with Gasteiger partial charge in [0.2, 0.25) is 5.91 Å². The predicted octanol–water partition coefficient (Wildman–Crippen LogP) is 1.08. The number of esters is 1. The number of carbonyl (C=O) groups excluding carboxylic acids is 3. The molecule has 0 bridgehead atoms. The van der Waals surface area contributed by atoms with Crippen LogP contribution in [0.4, 0.5) is 0 Å². The van der Waals surface area contributed by atoms with E-state index in [0.717, 1.165) is 0 Å². The number of halogens is 1. The quantitative estimate of drug-likeness (QED) is 0.365. The average Bonchev–Trinajstić information content (AvgIpc) is 2.58. The van der Waals surface area contributed by atoms with Gasteiger partial charge >= 0.3 is 5.97 Å². The summed E-state index contributed by atoms with van der Waals surface area (Å²) in [5.74, 6) is -0.964. The summed E-state index contributed by atoms with van der Waals surface area (Å²) in [6.45, 7) is 1.68. The zero-order valence-corrected chi connectivity index (χ0v) is 15.0. The minimum atomic E-state index is -0.502. The standard InChI is InChI=1S/C15H18ClN3O5S/c1-2-23-14(22)8-7-12(20)17-15(25)19-18-13(21)9-24-11-5-3-10(16)4-6-11/h3-6H,2,7-9H2,1H3,(H,18,21)(H2,17,19,20,25). The van der Waals surface area contributed by atoms with Crippen LogP contribution in [0.3, 0.4) is 0 Å². The molecule has 0 aliphatic rings. The van der Waals surface area contributed by atoms with E-state index in [0.29, 0.717) is 10.8 Å². The van der Waals surface area contributed by atoms with Crippen LogP contribution in [0.2, 0.25) is 5.02 Å². The highest BCUT2D eigenvalue weighted by molar-refractivity contribution is 7.80. The Morgan fingerprint density at radius 3 is 2.40 bits per heavy atom. The van der Waals surface area contributed by atoms with Gasteiger partial charge in [-0.2, -0.15) is 0 Å². The fourth-order valence-electron chi connectivity index (χ4n) is 1.51. The van der Waals surface area contributed by atoms with Crippen molar-refractivity contribution in [2.75, 3.05) is 13.2 Å². The number of amides is 2. The summed E-state index contributed by atoms with van der Waals surface area (Å²) < 4.78 is 9.93. The molecule has 0 unspecified atom stereocenters. The lowest BCUT2D eigenvalue weighted by atomic mass is 10.3. The molecule has 10 heteroatoms. The first-order valence-corrected chi connectivity index (χ1v) is 8.12. The van der Waals surface area contributed by atoms with E-state index in [9.17, 15) is 14.4 Å². The number of thiocarbonyl (C=S) groups is 1. The third-order valence-electron chi connectivity index (χ3n) is 2.61. The van der Waals surface area contributed by atoms with Crippen LogP contribution < -0.4 is 20.9 Å². The molecule has 0 aromatic heterocycles. The van der Waals surface area contributed by atoms with Gasteiger partial charge in [-0.15, -0.1) is 0 Å². The highest BCUT2D eigenvalue weighted by Gasteiger charge is 2.10. The number of hydrazine groups is 1. The molecule has 25 heavy (non-hydrogen) atoms. The Balaban J connectivity index is 2.19. The zero-order valence-electron chi connectivity index (χ0n) is 13.5. The fraction of sp³-hybridized carbons (Fsp3) is 0.333. The number of hydrogen-bond acceptors (Lipinski definition) is 6. The van der Waals surface area contributed by atoms with E-state index in [1.54, 1.807) is 31.2 Å². The van der Waals surface area contributed by atoms with Gasteiger partial charge in [0.15, 0.2) is 11.7 Å². The Morgan fingerprint density at radius 1 is 1.08 bits per heavy atom.